The van der Waals surface area contributed by atoms with Gasteiger partial charge in [-0.05, 0) is 24.1 Å². The number of hydrogen-bond donors (Lipinski definition) is 3. The lowest BCUT2D eigenvalue weighted by Gasteiger charge is -2.03. The maximum absolute atomic E-state index is 12.8. The van der Waals surface area contributed by atoms with Crippen molar-refractivity contribution in [2.75, 3.05) is 0 Å². The maximum atomic E-state index is 12.8. The number of carbonyl (C=O) groups is 2. The molecule has 0 saturated carbocycles. The van der Waals surface area contributed by atoms with Crippen molar-refractivity contribution < 1.29 is 9.59 Å². The summed E-state index contributed by atoms with van der Waals surface area (Å²) < 4.78 is 0. The Bertz CT molecular complexity index is 1580. The van der Waals surface area contributed by atoms with Crippen LogP contribution in [0.5, 0.6) is 0 Å². The van der Waals surface area contributed by atoms with E-state index in [9.17, 15) is 9.59 Å². The highest BCUT2D eigenvalue weighted by molar-refractivity contribution is 6.39. The lowest BCUT2D eigenvalue weighted by Crippen LogP contribution is -2.20. The predicted octanol–water partition coefficient (Wildman–Crippen LogP) is 3.69. The second kappa shape index (κ2) is 5.42. The van der Waals surface area contributed by atoms with Crippen LogP contribution in [0.3, 0.4) is 0 Å². The summed E-state index contributed by atoms with van der Waals surface area (Å²) in [6, 6.07) is 11.8. The SMILES string of the molecule is N#CCCc1cnc2[nH]c3c4[nH]c5ccccc5c4c4c(c3c2c1)C(=O)NC4=O. The number of aromatic nitrogens is 3. The molecule has 2 amide bonds. The summed E-state index contributed by atoms with van der Waals surface area (Å²) in [6.07, 6.45) is 2.70. The molecule has 0 radical (unpaired) electrons. The van der Waals surface area contributed by atoms with E-state index >= 15 is 0 Å². The molecule has 6 rings (SSSR count). The molecular weight excluding hydrogens is 366 g/mol. The molecular formula is C22H13N5O2. The Morgan fingerprint density at radius 2 is 1.69 bits per heavy atom. The van der Waals surface area contributed by atoms with Crippen molar-refractivity contribution in [1.29, 1.82) is 5.26 Å². The number of amides is 2. The van der Waals surface area contributed by atoms with Gasteiger partial charge in [0.1, 0.15) is 5.65 Å². The topological polar surface area (TPSA) is 114 Å². The van der Waals surface area contributed by atoms with Gasteiger partial charge in [0.25, 0.3) is 11.8 Å². The lowest BCUT2D eigenvalue weighted by atomic mass is 9.96. The molecule has 4 heterocycles. The second-order valence-corrected chi connectivity index (χ2v) is 7.23. The van der Waals surface area contributed by atoms with Crippen LogP contribution in [0.25, 0.3) is 43.7 Å². The zero-order chi connectivity index (χ0) is 19.7. The Morgan fingerprint density at radius 1 is 0.966 bits per heavy atom. The molecule has 3 aromatic heterocycles. The number of imide groups is 1. The van der Waals surface area contributed by atoms with Crippen molar-refractivity contribution >= 4 is 55.6 Å². The van der Waals surface area contributed by atoms with Gasteiger partial charge < -0.3 is 9.97 Å². The number of aromatic amines is 2. The van der Waals surface area contributed by atoms with E-state index in [-0.39, 0.29) is 5.91 Å². The van der Waals surface area contributed by atoms with Crippen LogP contribution in [0.4, 0.5) is 0 Å². The van der Waals surface area contributed by atoms with E-state index in [1.54, 1.807) is 6.20 Å². The molecule has 7 heteroatoms. The van der Waals surface area contributed by atoms with Gasteiger partial charge in [-0.25, -0.2) is 4.98 Å². The Morgan fingerprint density at radius 3 is 2.48 bits per heavy atom. The van der Waals surface area contributed by atoms with Crippen LogP contribution < -0.4 is 5.32 Å². The van der Waals surface area contributed by atoms with Crippen LogP contribution in [0.2, 0.25) is 0 Å². The fraction of sp³-hybridized carbons (Fsp3) is 0.0909. The summed E-state index contributed by atoms with van der Waals surface area (Å²) in [7, 11) is 0. The van der Waals surface area contributed by atoms with Crippen LogP contribution in [0.15, 0.2) is 36.5 Å². The number of para-hydroxylation sites is 1. The van der Waals surface area contributed by atoms with Gasteiger partial charge in [-0.15, -0.1) is 0 Å². The van der Waals surface area contributed by atoms with Crippen molar-refractivity contribution in [2.24, 2.45) is 0 Å². The first-order valence-corrected chi connectivity index (χ1v) is 9.26. The molecule has 29 heavy (non-hydrogen) atoms. The Hall–Kier alpha value is -4.18. The quantitative estimate of drug-likeness (QED) is 0.406. The molecule has 1 aliphatic heterocycles. The maximum Gasteiger partial charge on any atom is 0.259 e. The molecule has 138 valence electrons. The average Bonchev–Trinajstić information content (AvgIpc) is 3.37. The van der Waals surface area contributed by atoms with Gasteiger partial charge in [0, 0.05) is 39.7 Å². The highest BCUT2D eigenvalue weighted by atomic mass is 16.2. The summed E-state index contributed by atoms with van der Waals surface area (Å²) in [5.41, 5.74) is 4.76. The first kappa shape index (κ1) is 15.8. The minimum Gasteiger partial charge on any atom is -0.353 e. The third-order valence-electron chi connectivity index (χ3n) is 5.62. The molecule has 0 saturated heterocycles. The summed E-state index contributed by atoms with van der Waals surface area (Å²) in [5.74, 6) is -0.782. The zero-order valence-corrected chi connectivity index (χ0v) is 15.1. The molecule has 5 aromatic rings. The molecule has 0 atom stereocenters. The summed E-state index contributed by atoms with van der Waals surface area (Å²) in [4.78, 5) is 36.7. The molecule has 1 aliphatic rings. The Kier molecular flexibility index (Phi) is 2.96. The first-order chi connectivity index (χ1) is 14.2. The zero-order valence-electron chi connectivity index (χ0n) is 15.1. The minimum absolute atomic E-state index is 0.382. The van der Waals surface area contributed by atoms with Crippen LogP contribution in [-0.4, -0.2) is 26.8 Å². The van der Waals surface area contributed by atoms with Gasteiger partial charge in [0.05, 0.1) is 28.2 Å². The number of aryl methyl sites for hydroxylation is 1. The number of H-pyrrole nitrogens is 2. The monoisotopic (exact) mass is 379 g/mol. The highest BCUT2D eigenvalue weighted by Gasteiger charge is 2.34. The fourth-order valence-corrected chi connectivity index (χ4v) is 4.42. The number of nitriles is 1. The van der Waals surface area contributed by atoms with Crippen molar-refractivity contribution in [1.82, 2.24) is 20.3 Å². The standard InChI is InChI=1S/C22H13N5O2/c23-7-3-4-10-8-12-15-17-16(21(28)27-22(17)29)14-11-5-1-2-6-13(11)25-18(14)19(15)26-20(12)24-9-10/h1-2,5-6,8-9,25H,3-4H2,(H,24,26)(H,27,28,29). The first-order valence-electron chi connectivity index (χ1n) is 9.26. The fourth-order valence-electron chi connectivity index (χ4n) is 4.42. The predicted molar refractivity (Wildman–Crippen MR) is 109 cm³/mol. The van der Waals surface area contributed by atoms with E-state index in [1.165, 1.54) is 0 Å². The number of nitrogens with one attached hydrogen (secondary N) is 3. The molecule has 3 N–H and O–H groups in total. The summed E-state index contributed by atoms with van der Waals surface area (Å²) >= 11 is 0. The van der Waals surface area contributed by atoms with Gasteiger partial charge in [0.15, 0.2) is 0 Å². The van der Waals surface area contributed by atoms with Crippen LogP contribution in [-0.2, 0) is 6.42 Å². The van der Waals surface area contributed by atoms with E-state index in [0.29, 0.717) is 35.0 Å². The Labute approximate surface area is 163 Å². The van der Waals surface area contributed by atoms with Gasteiger partial charge in [-0.3, -0.25) is 14.9 Å². The number of nitrogens with zero attached hydrogens (tertiary/aromatic N) is 2. The smallest absolute Gasteiger partial charge is 0.259 e. The molecule has 0 unspecified atom stereocenters. The third kappa shape index (κ3) is 1.97. The number of pyridine rings is 1. The largest absolute Gasteiger partial charge is 0.353 e. The second-order valence-electron chi connectivity index (χ2n) is 7.23. The van der Waals surface area contributed by atoms with Gasteiger partial charge in [-0.2, -0.15) is 5.26 Å². The van der Waals surface area contributed by atoms with Gasteiger partial charge in [-0.1, -0.05) is 18.2 Å². The van der Waals surface area contributed by atoms with Gasteiger partial charge in [0.2, 0.25) is 0 Å². The molecule has 0 bridgehead atoms. The van der Waals surface area contributed by atoms with E-state index in [4.69, 9.17) is 5.26 Å². The van der Waals surface area contributed by atoms with Crippen molar-refractivity contribution in [3.8, 4) is 6.07 Å². The minimum atomic E-state index is -0.398. The van der Waals surface area contributed by atoms with E-state index in [2.05, 4.69) is 26.3 Å². The highest BCUT2D eigenvalue weighted by Crippen LogP contribution is 2.41. The van der Waals surface area contributed by atoms with Crippen molar-refractivity contribution in [3.05, 3.63) is 53.2 Å². The third-order valence-corrected chi connectivity index (χ3v) is 5.62. The number of hydrogen-bond acceptors (Lipinski definition) is 4. The van der Waals surface area contributed by atoms with E-state index in [0.717, 1.165) is 38.3 Å². The number of benzene rings is 2. The van der Waals surface area contributed by atoms with Crippen LogP contribution >= 0.6 is 0 Å². The van der Waals surface area contributed by atoms with E-state index in [1.807, 2.05) is 30.3 Å². The number of rotatable bonds is 2. The average molecular weight is 379 g/mol. The van der Waals surface area contributed by atoms with E-state index < -0.39 is 5.91 Å². The Balaban J connectivity index is 1.85. The van der Waals surface area contributed by atoms with Crippen LogP contribution in [0, 0.1) is 11.3 Å². The lowest BCUT2D eigenvalue weighted by molar-refractivity contribution is 0.0880. The molecule has 0 spiro atoms. The summed E-state index contributed by atoms with van der Waals surface area (Å²) in [5, 5.41) is 14.4. The normalized spacial score (nSPS) is 13.5. The molecule has 0 aliphatic carbocycles. The van der Waals surface area contributed by atoms with Crippen LogP contribution in [0.1, 0.15) is 32.7 Å². The molecule has 0 fully saturated rings. The number of carbonyl (C=O) groups excluding carboxylic acids is 2. The molecule has 2 aromatic carbocycles. The molecule has 7 nitrogen and oxygen atoms in total. The van der Waals surface area contributed by atoms with Crippen molar-refractivity contribution in [3.63, 3.8) is 0 Å². The van der Waals surface area contributed by atoms with Gasteiger partial charge >= 0.3 is 0 Å². The van der Waals surface area contributed by atoms with Crippen molar-refractivity contribution in [2.45, 2.75) is 12.8 Å². The number of fused-ring (bicyclic) bond motifs is 10. The summed E-state index contributed by atoms with van der Waals surface area (Å²) in [6.45, 7) is 0.